The number of amides is 2. The van der Waals surface area contributed by atoms with Crippen LogP contribution in [0.15, 0.2) is 22.8 Å². The molecule has 3 fully saturated rings. The summed E-state index contributed by atoms with van der Waals surface area (Å²) >= 11 is 22.7. The fraction of sp³-hybridized carbons (Fsp3) is 0.739. The second kappa shape index (κ2) is 10.3. The summed E-state index contributed by atoms with van der Waals surface area (Å²) in [6, 6.07) is 3.59. The zero-order chi connectivity index (χ0) is 25.5. The topological polar surface area (TPSA) is 66.2 Å². The van der Waals surface area contributed by atoms with Gasteiger partial charge < -0.3 is 19.0 Å². The van der Waals surface area contributed by atoms with Crippen molar-refractivity contribution in [2.45, 2.75) is 74.6 Å². The van der Waals surface area contributed by atoms with Crippen LogP contribution in [0.2, 0.25) is 0 Å². The number of nitrogens with zero attached hydrogens (tertiary/aromatic N) is 3. The molecule has 2 atom stereocenters. The number of halogens is 4. The lowest BCUT2D eigenvalue weighted by Crippen LogP contribution is -2.67. The Hall–Kier alpha value is -0.700. The zero-order valence-electron chi connectivity index (χ0n) is 20.2. The molecular formula is C23H33Cl4N3O4. The average molecular weight is 557 g/mol. The van der Waals surface area contributed by atoms with Crippen LogP contribution in [0.3, 0.4) is 0 Å². The molecule has 0 spiro atoms. The Morgan fingerprint density at radius 3 is 2.18 bits per heavy atom. The van der Waals surface area contributed by atoms with Gasteiger partial charge in [0.25, 0.3) is 11.8 Å². The van der Waals surface area contributed by atoms with Crippen LogP contribution in [-0.2, 0) is 14.3 Å². The van der Waals surface area contributed by atoms with Crippen molar-refractivity contribution in [1.29, 1.82) is 0 Å². The zero-order valence-corrected chi connectivity index (χ0v) is 23.2. The molecule has 1 aromatic rings. The van der Waals surface area contributed by atoms with Gasteiger partial charge in [-0.1, -0.05) is 60.3 Å². The van der Waals surface area contributed by atoms with E-state index in [0.717, 1.165) is 32.5 Å². The Labute approximate surface area is 221 Å². The molecule has 192 valence electrons. The SMILES string of the molecule is CC1(C)CN2CCCC2(C)N(C(=O)C(Cl)Cl)C1.CC1(C)OC(c2ccco2)CN1C(=O)C(Cl)Cl. The molecule has 34 heavy (non-hydrogen) atoms. The summed E-state index contributed by atoms with van der Waals surface area (Å²) in [5.41, 5.74) is -0.826. The van der Waals surface area contributed by atoms with E-state index in [0.29, 0.717) is 12.3 Å². The molecule has 3 saturated heterocycles. The van der Waals surface area contributed by atoms with Crippen LogP contribution in [0.4, 0.5) is 0 Å². The fourth-order valence-electron chi connectivity index (χ4n) is 5.09. The monoisotopic (exact) mass is 555 g/mol. The van der Waals surface area contributed by atoms with Crippen LogP contribution in [0.5, 0.6) is 0 Å². The predicted molar refractivity (Wildman–Crippen MR) is 134 cm³/mol. The highest BCUT2D eigenvalue weighted by atomic mass is 35.5. The summed E-state index contributed by atoms with van der Waals surface area (Å²) in [6.45, 7) is 13.3. The summed E-state index contributed by atoms with van der Waals surface area (Å²) in [7, 11) is 0. The Morgan fingerprint density at radius 2 is 1.62 bits per heavy atom. The van der Waals surface area contributed by atoms with Crippen LogP contribution >= 0.6 is 46.4 Å². The Balaban J connectivity index is 0.000000191. The fourth-order valence-corrected chi connectivity index (χ4v) is 5.56. The van der Waals surface area contributed by atoms with E-state index in [1.165, 1.54) is 4.90 Å². The lowest BCUT2D eigenvalue weighted by Gasteiger charge is -2.54. The first kappa shape index (κ1) is 27.9. The third-order valence-electron chi connectivity index (χ3n) is 6.74. The molecule has 7 nitrogen and oxygen atoms in total. The summed E-state index contributed by atoms with van der Waals surface area (Å²) in [6.07, 6.45) is 3.43. The van der Waals surface area contributed by atoms with Crippen LogP contribution in [0.1, 0.15) is 59.3 Å². The van der Waals surface area contributed by atoms with Crippen molar-refractivity contribution in [2.24, 2.45) is 5.41 Å². The van der Waals surface area contributed by atoms with Crippen molar-refractivity contribution in [3.63, 3.8) is 0 Å². The molecule has 1 aromatic heterocycles. The summed E-state index contributed by atoms with van der Waals surface area (Å²) in [4.78, 5) is 27.8. The minimum absolute atomic E-state index is 0.0994. The lowest BCUT2D eigenvalue weighted by molar-refractivity contribution is -0.156. The predicted octanol–water partition coefficient (Wildman–Crippen LogP) is 5.19. The van der Waals surface area contributed by atoms with Crippen molar-refractivity contribution in [2.75, 3.05) is 26.2 Å². The molecule has 3 aliphatic rings. The summed E-state index contributed by atoms with van der Waals surface area (Å²) < 4.78 is 11.0. The first-order valence-corrected chi connectivity index (χ1v) is 13.1. The number of carbonyl (C=O) groups excluding carboxylic acids is 2. The van der Waals surface area contributed by atoms with Gasteiger partial charge in [-0.05, 0) is 51.2 Å². The van der Waals surface area contributed by atoms with E-state index >= 15 is 0 Å². The largest absolute Gasteiger partial charge is 0.467 e. The maximum Gasteiger partial charge on any atom is 0.258 e. The highest BCUT2D eigenvalue weighted by molar-refractivity contribution is 6.54. The molecule has 0 bridgehead atoms. The van der Waals surface area contributed by atoms with Gasteiger partial charge in [0.05, 0.1) is 18.5 Å². The second-order valence-corrected chi connectivity index (χ2v) is 12.6. The van der Waals surface area contributed by atoms with E-state index < -0.39 is 15.4 Å². The number of hydrogen-bond acceptors (Lipinski definition) is 5. The van der Waals surface area contributed by atoms with Crippen LogP contribution in [0, 0.1) is 5.41 Å². The van der Waals surface area contributed by atoms with Crippen LogP contribution in [-0.4, -0.2) is 73.8 Å². The molecule has 11 heteroatoms. The van der Waals surface area contributed by atoms with Gasteiger partial charge in [0, 0.05) is 19.6 Å². The molecule has 0 N–H and O–H groups in total. The first-order chi connectivity index (χ1) is 15.7. The third kappa shape index (κ3) is 5.81. The molecule has 3 aliphatic heterocycles. The van der Waals surface area contributed by atoms with Gasteiger partial charge in [-0.3, -0.25) is 14.5 Å². The van der Waals surface area contributed by atoms with E-state index in [4.69, 9.17) is 55.6 Å². The Kier molecular flexibility index (Phi) is 8.49. The van der Waals surface area contributed by atoms with Gasteiger partial charge in [-0.15, -0.1) is 0 Å². The van der Waals surface area contributed by atoms with E-state index in [9.17, 15) is 9.59 Å². The maximum atomic E-state index is 12.2. The lowest BCUT2D eigenvalue weighted by atomic mass is 9.86. The minimum atomic E-state index is -1.08. The van der Waals surface area contributed by atoms with Crippen LogP contribution in [0.25, 0.3) is 0 Å². The molecule has 0 saturated carbocycles. The van der Waals surface area contributed by atoms with Crippen molar-refractivity contribution >= 4 is 58.2 Å². The summed E-state index contributed by atoms with van der Waals surface area (Å²) in [5.74, 6) is 0.178. The number of alkyl halides is 4. The van der Waals surface area contributed by atoms with E-state index in [1.807, 2.05) is 11.0 Å². The number of carbonyl (C=O) groups is 2. The van der Waals surface area contributed by atoms with Crippen molar-refractivity contribution < 1.29 is 18.7 Å². The van der Waals surface area contributed by atoms with Crippen LogP contribution < -0.4 is 0 Å². The molecule has 2 unspecified atom stereocenters. The van der Waals surface area contributed by atoms with Gasteiger partial charge in [0.15, 0.2) is 9.67 Å². The Bertz CT molecular complexity index is 878. The molecule has 0 aromatic carbocycles. The number of hydrogen-bond donors (Lipinski definition) is 0. The number of furan rings is 1. The number of fused-ring (bicyclic) bond motifs is 1. The minimum Gasteiger partial charge on any atom is -0.467 e. The molecule has 4 rings (SSSR count). The van der Waals surface area contributed by atoms with Gasteiger partial charge >= 0.3 is 0 Å². The highest BCUT2D eigenvalue weighted by Gasteiger charge is 2.51. The van der Waals surface area contributed by atoms with E-state index in [1.54, 1.807) is 26.2 Å². The molecule has 0 aliphatic carbocycles. The van der Waals surface area contributed by atoms with Gasteiger partial charge in [-0.2, -0.15) is 0 Å². The van der Waals surface area contributed by atoms with Gasteiger partial charge in [0.2, 0.25) is 0 Å². The average Bonchev–Trinajstić information content (AvgIpc) is 3.45. The molecular weight excluding hydrogens is 524 g/mol. The van der Waals surface area contributed by atoms with Gasteiger partial charge in [-0.25, -0.2) is 0 Å². The van der Waals surface area contributed by atoms with Crippen molar-refractivity contribution in [1.82, 2.24) is 14.7 Å². The molecule has 2 amide bonds. The maximum absolute atomic E-state index is 12.2. The van der Waals surface area contributed by atoms with E-state index in [2.05, 4.69) is 25.7 Å². The highest BCUT2D eigenvalue weighted by Crippen LogP contribution is 2.42. The summed E-state index contributed by atoms with van der Waals surface area (Å²) in [5, 5.41) is 0. The third-order valence-corrected chi connectivity index (χ3v) is 7.49. The normalized spacial score (nSPS) is 28.1. The number of ether oxygens (including phenoxy) is 1. The standard InChI is InChI=1S/C12H20Cl2N2O.C11H13Cl2NO3/c1-11(2)7-15-6-4-5-12(15,3)16(8-11)10(17)9(13)14;1-11(2)14(10(15)9(12)13)6-8(17-11)7-4-3-5-16-7/h9H,4-8H2,1-3H3;3-5,8-9H,6H2,1-2H3. The van der Waals surface area contributed by atoms with Crippen molar-refractivity contribution in [3.8, 4) is 0 Å². The smallest absolute Gasteiger partial charge is 0.258 e. The van der Waals surface area contributed by atoms with E-state index in [-0.39, 0.29) is 29.0 Å². The quantitative estimate of drug-likeness (QED) is 0.479. The second-order valence-electron chi connectivity index (χ2n) is 10.4. The first-order valence-electron chi connectivity index (χ1n) is 11.3. The van der Waals surface area contributed by atoms with Crippen molar-refractivity contribution in [3.05, 3.63) is 24.2 Å². The number of rotatable bonds is 3. The van der Waals surface area contributed by atoms with Gasteiger partial charge in [0.1, 0.15) is 17.6 Å². The Morgan fingerprint density at radius 1 is 1.00 bits per heavy atom. The molecule has 0 radical (unpaired) electrons. The molecule has 4 heterocycles.